The van der Waals surface area contributed by atoms with Gasteiger partial charge in [-0.25, -0.2) is 4.98 Å². The number of carbonyl (C=O) groups is 2. The Morgan fingerprint density at radius 2 is 1.57 bits per heavy atom. The smallest absolute Gasteiger partial charge is 0.253 e. The fraction of sp³-hybridized carbons (Fsp3) is 0.342. The summed E-state index contributed by atoms with van der Waals surface area (Å²) in [6.45, 7) is 4.90. The Hall–Kier alpha value is -4.89. The first-order valence-electron chi connectivity index (χ1n) is 16.6. The van der Waals surface area contributed by atoms with E-state index in [1.165, 1.54) is 25.9 Å². The molecule has 6 rings (SSSR count). The van der Waals surface area contributed by atoms with E-state index >= 15 is 0 Å². The molecule has 2 aliphatic rings. The molecule has 2 amide bonds. The van der Waals surface area contributed by atoms with Crippen LogP contribution in [0.1, 0.15) is 57.5 Å². The lowest BCUT2D eigenvalue weighted by Gasteiger charge is -2.36. The Morgan fingerprint density at radius 3 is 2.30 bits per heavy atom. The molecule has 4 N–H and O–H groups in total. The van der Waals surface area contributed by atoms with Crippen molar-refractivity contribution in [1.29, 1.82) is 0 Å². The van der Waals surface area contributed by atoms with Gasteiger partial charge in [0.2, 0.25) is 0 Å². The van der Waals surface area contributed by atoms with Gasteiger partial charge in [0.05, 0.1) is 6.61 Å². The number of hydrogen-bond acceptors (Lipinski definition) is 7. The number of amides is 2. The highest BCUT2D eigenvalue weighted by atomic mass is 16.5. The second-order valence-corrected chi connectivity index (χ2v) is 12.4. The topological polar surface area (TPSA) is 121 Å². The van der Waals surface area contributed by atoms with Crippen LogP contribution in [0.4, 0.5) is 5.82 Å². The summed E-state index contributed by atoms with van der Waals surface area (Å²) in [4.78, 5) is 34.7. The van der Waals surface area contributed by atoms with Crippen molar-refractivity contribution in [3.05, 3.63) is 107 Å². The number of rotatable bonds is 11. The van der Waals surface area contributed by atoms with Crippen LogP contribution in [-0.4, -0.2) is 77.1 Å². The summed E-state index contributed by atoms with van der Waals surface area (Å²) in [6.07, 6.45) is 7.69. The number of benzene rings is 3. The number of aromatic hydroxyl groups is 1. The molecule has 2 saturated heterocycles. The summed E-state index contributed by atoms with van der Waals surface area (Å²) in [7, 11) is 0. The Balaban J connectivity index is 0.972. The fourth-order valence-corrected chi connectivity index (χ4v) is 6.49. The lowest BCUT2D eigenvalue weighted by Crippen LogP contribution is -2.45. The number of pyridine rings is 1. The number of anilines is 1. The molecule has 1 aromatic heterocycles. The predicted molar refractivity (Wildman–Crippen MR) is 184 cm³/mol. The number of hydrogen-bond donors (Lipinski definition) is 3. The van der Waals surface area contributed by atoms with Crippen molar-refractivity contribution in [2.24, 2.45) is 0 Å². The van der Waals surface area contributed by atoms with Gasteiger partial charge in [-0.1, -0.05) is 36.4 Å². The maximum atomic E-state index is 13.2. The van der Waals surface area contributed by atoms with Crippen LogP contribution in [0.2, 0.25) is 0 Å². The van der Waals surface area contributed by atoms with Crippen molar-refractivity contribution in [1.82, 2.24) is 20.1 Å². The Bertz CT molecular complexity index is 1660. The van der Waals surface area contributed by atoms with Crippen molar-refractivity contribution in [2.75, 3.05) is 45.1 Å². The molecule has 9 heteroatoms. The van der Waals surface area contributed by atoms with Crippen LogP contribution in [0.15, 0.2) is 85.1 Å². The van der Waals surface area contributed by atoms with E-state index in [0.717, 1.165) is 48.2 Å². The number of nitrogens with one attached hydrogen (secondary N) is 1. The van der Waals surface area contributed by atoms with E-state index in [1.807, 2.05) is 53.4 Å². The second kappa shape index (κ2) is 15.1. The molecule has 2 aliphatic heterocycles. The van der Waals surface area contributed by atoms with Crippen LogP contribution in [0.3, 0.4) is 0 Å². The molecule has 0 radical (unpaired) electrons. The third-order valence-electron chi connectivity index (χ3n) is 9.23. The number of phenols is 1. The van der Waals surface area contributed by atoms with Crippen LogP contribution < -0.4 is 15.8 Å². The highest BCUT2D eigenvalue weighted by Gasteiger charge is 2.28. The highest BCUT2D eigenvalue weighted by molar-refractivity contribution is 5.95. The van der Waals surface area contributed by atoms with Gasteiger partial charge in [-0.2, -0.15) is 0 Å². The van der Waals surface area contributed by atoms with Gasteiger partial charge in [0.25, 0.3) is 11.8 Å². The highest BCUT2D eigenvalue weighted by Crippen LogP contribution is 2.28. The first-order valence-corrected chi connectivity index (χ1v) is 16.6. The van der Waals surface area contributed by atoms with Crippen LogP contribution in [0, 0.1) is 0 Å². The Labute approximate surface area is 276 Å². The summed E-state index contributed by atoms with van der Waals surface area (Å²) in [5, 5.41) is 12.5. The second-order valence-electron chi connectivity index (χ2n) is 12.4. The van der Waals surface area contributed by atoms with E-state index in [2.05, 4.69) is 15.2 Å². The van der Waals surface area contributed by atoms with Crippen molar-refractivity contribution >= 4 is 17.6 Å². The summed E-state index contributed by atoms with van der Waals surface area (Å²) in [6, 6.07) is 24.7. The summed E-state index contributed by atoms with van der Waals surface area (Å²) < 4.78 is 6.02. The molecule has 0 unspecified atom stereocenters. The first-order chi connectivity index (χ1) is 22.9. The van der Waals surface area contributed by atoms with E-state index in [0.29, 0.717) is 54.7 Å². The molecule has 0 atom stereocenters. The maximum Gasteiger partial charge on any atom is 0.253 e. The molecule has 47 heavy (non-hydrogen) atoms. The number of ether oxygens (including phenoxy) is 1. The minimum absolute atomic E-state index is 0.0921. The molecule has 9 nitrogen and oxygen atoms in total. The van der Waals surface area contributed by atoms with Gasteiger partial charge in [0.1, 0.15) is 5.75 Å². The number of phenolic OH excluding ortho intramolecular Hbond substituents is 1. The SMILES string of the molecule is Nc1ncc(-c2ccc(C(=O)N3CCC(N4CCCC4)CC3)cc2)cc1OCCc1ccc(C(=O)NCCc2cccc(O)c2)cc1. The molecule has 4 aromatic rings. The maximum absolute atomic E-state index is 13.2. The molecule has 0 bridgehead atoms. The van der Waals surface area contributed by atoms with E-state index in [1.54, 1.807) is 36.5 Å². The number of carbonyl (C=O) groups excluding carboxylic acids is 2. The molecular formula is C38H43N5O4. The van der Waals surface area contributed by atoms with Crippen LogP contribution in [0.5, 0.6) is 11.5 Å². The van der Waals surface area contributed by atoms with Crippen LogP contribution >= 0.6 is 0 Å². The number of piperidine rings is 1. The molecule has 3 aromatic carbocycles. The lowest BCUT2D eigenvalue weighted by molar-refractivity contribution is 0.0644. The van der Waals surface area contributed by atoms with Gasteiger partial charge in [0, 0.05) is 55.0 Å². The molecule has 0 aliphatic carbocycles. The number of nitrogens with two attached hydrogens (primary N) is 1. The van der Waals surface area contributed by atoms with Gasteiger partial charge < -0.3 is 30.7 Å². The van der Waals surface area contributed by atoms with E-state index in [-0.39, 0.29) is 17.6 Å². The molecule has 2 fully saturated rings. The summed E-state index contributed by atoms with van der Waals surface area (Å²) >= 11 is 0. The average Bonchev–Trinajstić information content (AvgIpc) is 3.65. The van der Waals surface area contributed by atoms with Crippen molar-refractivity contribution in [3.63, 3.8) is 0 Å². The minimum atomic E-state index is -0.140. The molecule has 3 heterocycles. The van der Waals surface area contributed by atoms with Gasteiger partial charge in [0.15, 0.2) is 11.6 Å². The third kappa shape index (κ3) is 8.29. The van der Waals surface area contributed by atoms with Gasteiger partial charge in [-0.3, -0.25) is 9.59 Å². The van der Waals surface area contributed by atoms with Crippen molar-refractivity contribution < 1.29 is 19.4 Å². The Kier molecular flexibility index (Phi) is 10.3. The largest absolute Gasteiger partial charge is 0.508 e. The van der Waals surface area contributed by atoms with Crippen LogP contribution in [0.25, 0.3) is 11.1 Å². The van der Waals surface area contributed by atoms with Gasteiger partial charge >= 0.3 is 0 Å². The Morgan fingerprint density at radius 1 is 0.851 bits per heavy atom. The van der Waals surface area contributed by atoms with E-state index < -0.39 is 0 Å². The molecule has 244 valence electrons. The quantitative estimate of drug-likeness (QED) is 0.204. The number of likely N-dealkylation sites (tertiary alicyclic amines) is 2. The lowest BCUT2D eigenvalue weighted by atomic mass is 10.0. The molecule has 0 spiro atoms. The number of nitrogens with zero attached hydrogens (tertiary/aromatic N) is 3. The molecular weight excluding hydrogens is 590 g/mol. The number of aromatic nitrogens is 1. The predicted octanol–water partition coefficient (Wildman–Crippen LogP) is 5.33. The summed E-state index contributed by atoms with van der Waals surface area (Å²) in [5.41, 5.74) is 11.2. The normalized spacial score (nSPS) is 15.4. The zero-order valence-electron chi connectivity index (χ0n) is 26.7. The monoisotopic (exact) mass is 633 g/mol. The van der Waals surface area contributed by atoms with E-state index in [9.17, 15) is 14.7 Å². The molecule has 0 saturated carbocycles. The first kappa shape index (κ1) is 32.1. The standard InChI is InChI=1S/C38H43N5O4/c39-36-35(47-23-17-27-6-8-30(9-7-27)37(45)40-18-14-28-4-3-5-34(44)24-28)25-32(26-41-36)29-10-12-31(13-11-29)38(46)43-21-15-33(16-22-43)42-19-1-2-20-42/h3-13,24-26,33,44H,1-2,14-23H2,(H2,39,41)(H,40,45). The fourth-order valence-electron chi connectivity index (χ4n) is 6.49. The number of nitrogen functional groups attached to an aromatic ring is 1. The summed E-state index contributed by atoms with van der Waals surface area (Å²) in [5.74, 6) is 0.993. The van der Waals surface area contributed by atoms with E-state index in [4.69, 9.17) is 10.5 Å². The third-order valence-corrected chi connectivity index (χ3v) is 9.23. The van der Waals surface area contributed by atoms with Crippen LogP contribution in [-0.2, 0) is 12.8 Å². The minimum Gasteiger partial charge on any atom is -0.508 e. The van der Waals surface area contributed by atoms with Gasteiger partial charge in [-0.15, -0.1) is 0 Å². The zero-order chi connectivity index (χ0) is 32.6. The zero-order valence-corrected chi connectivity index (χ0v) is 26.7. The van der Waals surface area contributed by atoms with Crippen molar-refractivity contribution in [3.8, 4) is 22.6 Å². The van der Waals surface area contributed by atoms with Gasteiger partial charge in [-0.05, 0) is 104 Å². The average molecular weight is 634 g/mol. The van der Waals surface area contributed by atoms with Crippen molar-refractivity contribution in [2.45, 2.75) is 44.6 Å².